The SMILES string of the molecule is CN=C(NCCOc1ncccc1C(F)(F)F)N1CCS(=O)(=O)C(C)(C)C1.I. The van der Waals surface area contributed by atoms with E-state index in [0.717, 1.165) is 6.07 Å². The summed E-state index contributed by atoms with van der Waals surface area (Å²) in [5.74, 6) is 0.00529. The van der Waals surface area contributed by atoms with Crippen molar-refractivity contribution < 1.29 is 26.3 Å². The molecule has 28 heavy (non-hydrogen) atoms. The van der Waals surface area contributed by atoms with Gasteiger partial charge in [-0.1, -0.05) is 0 Å². The third kappa shape index (κ3) is 5.84. The summed E-state index contributed by atoms with van der Waals surface area (Å²) in [5.41, 5.74) is -0.933. The molecule has 1 saturated heterocycles. The van der Waals surface area contributed by atoms with Crippen LogP contribution in [-0.2, 0) is 16.0 Å². The van der Waals surface area contributed by atoms with E-state index in [4.69, 9.17) is 4.74 Å². The predicted octanol–water partition coefficient (Wildman–Crippen LogP) is 2.18. The van der Waals surface area contributed by atoms with Crippen molar-refractivity contribution in [1.82, 2.24) is 15.2 Å². The summed E-state index contributed by atoms with van der Waals surface area (Å²) in [6, 6.07) is 2.10. The lowest BCUT2D eigenvalue weighted by Crippen LogP contribution is -2.57. The van der Waals surface area contributed by atoms with Crippen LogP contribution in [0.5, 0.6) is 5.88 Å². The molecule has 160 valence electrons. The molecule has 0 unspecified atom stereocenters. The van der Waals surface area contributed by atoms with E-state index >= 15 is 0 Å². The maximum absolute atomic E-state index is 12.9. The number of nitrogens with one attached hydrogen (secondary N) is 1. The molecule has 0 spiro atoms. The molecule has 1 aromatic heterocycles. The molecule has 7 nitrogen and oxygen atoms in total. The quantitative estimate of drug-likeness (QED) is 0.275. The second-order valence-corrected chi connectivity index (χ2v) is 9.42. The molecule has 1 fully saturated rings. The minimum absolute atomic E-state index is 0. The van der Waals surface area contributed by atoms with Gasteiger partial charge in [0.25, 0.3) is 0 Å². The molecule has 2 rings (SSSR count). The topological polar surface area (TPSA) is 83.9 Å². The van der Waals surface area contributed by atoms with Crippen LogP contribution in [0.4, 0.5) is 13.2 Å². The first-order chi connectivity index (χ1) is 12.5. The lowest BCUT2D eigenvalue weighted by atomic mass is 10.2. The standard InChI is InChI=1S/C16H23F3N4O3S.HI/c1-15(2)11-23(8-10-27(15,24)25)14(20-3)22-7-9-26-13-12(16(17,18)19)5-4-6-21-13;/h4-6H,7-11H2,1-3H3,(H,20,22);1H. The normalized spacial score (nSPS) is 18.9. The van der Waals surface area contributed by atoms with E-state index in [2.05, 4.69) is 15.3 Å². The molecule has 1 aromatic rings. The number of hydrogen-bond donors (Lipinski definition) is 1. The molecule has 2 heterocycles. The molecule has 1 aliphatic rings. The summed E-state index contributed by atoms with van der Waals surface area (Å²) in [6.45, 7) is 4.01. The van der Waals surface area contributed by atoms with Gasteiger partial charge in [0.1, 0.15) is 12.2 Å². The van der Waals surface area contributed by atoms with Crippen LogP contribution in [0, 0.1) is 0 Å². The summed E-state index contributed by atoms with van der Waals surface area (Å²) in [4.78, 5) is 9.55. The van der Waals surface area contributed by atoms with Crippen molar-refractivity contribution in [3.05, 3.63) is 23.9 Å². The van der Waals surface area contributed by atoms with Gasteiger partial charge in [-0.05, 0) is 26.0 Å². The van der Waals surface area contributed by atoms with Gasteiger partial charge in [0, 0.05) is 26.3 Å². The lowest BCUT2D eigenvalue weighted by Gasteiger charge is -2.39. The van der Waals surface area contributed by atoms with E-state index in [0.29, 0.717) is 12.5 Å². The molecule has 0 aliphatic carbocycles. The van der Waals surface area contributed by atoms with Crippen LogP contribution in [0.2, 0.25) is 0 Å². The second-order valence-electron chi connectivity index (χ2n) is 6.68. The number of aliphatic imine (C=N–C) groups is 1. The molecule has 1 aliphatic heterocycles. The Morgan fingerprint density at radius 3 is 2.68 bits per heavy atom. The molecule has 0 saturated carbocycles. The van der Waals surface area contributed by atoms with Crippen molar-refractivity contribution in [3.63, 3.8) is 0 Å². The second kappa shape index (κ2) is 9.46. The molecule has 12 heteroatoms. The fourth-order valence-electron chi connectivity index (χ4n) is 2.69. The minimum atomic E-state index is -4.54. The monoisotopic (exact) mass is 536 g/mol. The first-order valence-corrected chi connectivity index (χ1v) is 9.96. The first-order valence-electron chi connectivity index (χ1n) is 8.31. The lowest BCUT2D eigenvalue weighted by molar-refractivity contribution is -0.139. The third-order valence-corrected chi connectivity index (χ3v) is 6.79. The zero-order chi connectivity index (χ0) is 20.3. The number of ether oxygens (including phenoxy) is 1. The summed E-state index contributed by atoms with van der Waals surface area (Å²) >= 11 is 0. The van der Waals surface area contributed by atoms with Gasteiger partial charge in [0.05, 0.1) is 17.0 Å². The molecule has 0 bridgehead atoms. The maximum atomic E-state index is 12.9. The number of halogens is 4. The highest BCUT2D eigenvalue weighted by molar-refractivity contribution is 14.0. The van der Waals surface area contributed by atoms with E-state index in [1.807, 2.05) is 4.90 Å². The number of aromatic nitrogens is 1. The van der Waals surface area contributed by atoms with Crippen molar-refractivity contribution in [2.45, 2.75) is 24.8 Å². The Labute approximate surface area is 179 Å². The van der Waals surface area contributed by atoms with Gasteiger partial charge in [-0.2, -0.15) is 13.2 Å². The third-order valence-electron chi connectivity index (χ3n) is 4.26. The van der Waals surface area contributed by atoms with Crippen molar-refractivity contribution in [2.75, 3.05) is 39.0 Å². The van der Waals surface area contributed by atoms with E-state index in [1.165, 1.54) is 12.3 Å². The van der Waals surface area contributed by atoms with Gasteiger partial charge < -0.3 is 15.0 Å². The van der Waals surface area contributed by atoms with Gasteiger partial charge in [-0.25, -0.2) is 13.4 Å². The van der Waals surface area contributed by atoms with Crippen molar-refractivity contribution >= 4 is 39.8 Å². The summed E-state index contributed by atoms with van der Waals surface area (Å²) in [6.07, 6.45) is -3.31. The average Bonchev–Trinajstić information content (AvgIpc) is 2.57. The Balaban J connectivity index is 0.00000392. The van der Waals surface area contributed by atoms with Gasteiger partial charge >= 0.3 is 6.18 Å². The van der Waals surface area contributed by atoms with Crippen LogP contribution in [0.15, 0.2) is 23.3 Å². The van der Waals surface area contributed by atoms with Gasteiger partial charge in [-0.3, -0.25) is 4.99 Å². The van der Waals surface area contributed by atoms with E-state index < -0.39 is 32.2 Å². The van der Waals surface area contributed by atoms with Crippen LogP contribution in [0.25, 0.3) is 0 Å². The van der Waals surface area contributed by atoms with Crippen LogP contribution in [0.1, 0.15) is 19.4 Å². The summed E-state index contributed by atoms with van der Waals surface area (Å²) in [7, 11) is -1.62. The number of pyridine rings is 1. The maximum Gasteiger partial charge on any atom is 0.421 e. The largest absolute Gasteiger partial charge is 0.475 e. The highest BCUT2D eigenvalue weighted by Gasteiger charge is 2.41. The Morgan fingerprint density at radius 1 is 1.43 bits per heavy atom. The summed E-state index contributed by atoms with van der Waals surface area (Å²) < 4.78 is 67.1. The molecule has 1 N–H and O–H groups in total. The molecular weight excluding hydrogens is 512 g/mol. The Morgan fingerprint density at radius 2 is 2.11 bits per heavy atom. The van der Waals surface area contributed by atoms with E-state index in [1.54, 1.807) is 20.9 Å². The number of hydrogen-bond acceptors (Lipinski definition) is 5. The highest BCUT2D eigenvalue weighted by Crippen LogP contribution is 2.34. The van der Waals surface area contributed by atoms with Crippen LogP contribution in [-0.4, -0.2) is 68.0 Å². The number of rotatable bonds is 4. The Hall–Kier alpha value is -1.31. The first kappa shape index (κ1) is 24.7. The highest BCUT2D eigenvalue weighted by atomic mass is 127. The molecule has 0 aromatic carbocycles. The van der Waals surface area contributed by atoms with E-state index in [9.17, 15) is 21.6 Å². The number of sulfone groups is 1. The van der Waals surface area contributed by atoms with Gasteiger partial charge in [-0.15, -0.1) is 24.0 Å². The van der Waals surface area contributed by atoms with Crippen molar-refractivity contribution in [2.24, 2.45) is 4.99 Å². The van der Waals surface area contributed by atoms with Gasteiger partial charge in [0.2, 0.25) is 5.88 Å². The molecular formula is C16H24F3IN4O3S. The average molecular weight is 536 g/mol. The summed E-state index contributed by atoms with van der Waals surface area (Å²) in [5, 5.41) is 2.98. The molecule has 0 atom stereocenters. The van der Waals surface area contributed by atoms with Crippen molar-refractivity contribution in [1.29, 1.82) is 0 Å². The minimum Gasteiger partial charge on any atom is -0.475 e. The number of guanidine groups is 1. The fourth-order valence-corrected chi connectivity index (χ4v) is 4.05. The van der Waals surface area contributed by atoms with Crippen LogP contribution in [0.3, 0.4) is 0 Å². The Bertz CT molecular complexity index is 801. The smallest absolute Gasteiger partial charge is 0.421 e. The molecule has 0 amide bonds. The zero-order valence-corrected chi connectivity index (χ0v) is 18.9. The van der Waals surface area contributed by atoms with Crippen molar-refractivity contribution in [3.8, 4) is 5.88 Å². The predicted molar refractivity (Wildman–Crippen MR) is 111 cm³/mol. The zero-order valence-electron chi connectivity index (χ0n) is 15.8. The number of nitrogens with zero attached hydrogens (tertiary/aromatic N) is 3. The molecule has 0 radical (unpaired) electrons. The Kier molecular flexibility index (Phi) is 8.35. The van der Waals surface area contributed by atoms with Gasteiger partial charge in [0.15, 0.2) is 15.8 Å². The van der Waals surface area contributed by atoms with Crippen LogP contribution < -0.4 is 10.1 Å². The van der Waals surface area contributed by atoms with E-state index in [-0.39, 0.29) is 49.4 Å². The van der Waals surface area contributed by atoms with Crippen LogP contribution >= 0.6 is 24.0 Å². The fraction of sp³-hybridized carbons (Fsp3) is 0.625. The number of alkyl halides is 3.